The second-order valence-corrected chi connectivity index (χ2v) is 3.61. The van der Waals surface area contributed by atoms with Gasteiger partial charge in [-0.2, -0.15) is 0 Å². The van der Waals surface area contributed by atoms with Crippen LogP contribution in [0.4, 0.5) is 0 Å². The summed E-state index contributed by atoms with van der Waals surface area (Å²) in [5.74, 6) is -0.132. The zero-order valence-electron chi connectivity index (χ0n) is 10.8. The Labute approximate surface area is 112 Å². The Morgan fingerprint density at radius 3 is 2.58 bits per heavy atom. The van der Waals surface area contributed by atoms with Gasteiger partial charge in [0.2, 0.25) is 0 Å². The number of benzene rings is 1. The molecule has 0 bridgehead atoms. The summed E-state index contributed by atoms with van der Waals surface area (Å²) >= 11 is 0. The number of carbonyl (C=O) groups excluding carboxylic acids is 2. The number of nitrogens with one attached hydrogen (secondary N) is 1. The van der Waals surface area contributed by atoms with Crippen molar-refractivity contribution in [3.8, 4) is 5.75 Å². The highest BCUT2D eigenvalue weighted by atomic mass is 16.5. The van der Waals surface area contributed by atoms with Crippen LogP contribution in [-0.4, -0.2) is 31.6 Å². The van der Waals surface area contributed by atoms with Crippen molar-refractivity contribution in [2.24, 2.45) is 0 Å². The monoisotopic (exact) mass is 263 g/mol. The zero-order valence-corrected chi connectivity index (χ0v) is 10.8. The van der Waals surface area contributed by atoms with Crippen molar-refractivity contribution in [2.75, 3.05) is 19.8 Å². The van der Waals surface area contributed by atoms with Crippen LogP contribution < -0.4 is 10.1 Å². The van der Waals surface area contributed by atoms with Crippen LogP contribution in [-0.2, 0) is 9.53 Å². The van der Waals surface area contributed by atoms with E-state index in [0.717, 1.165) is 0 Å². The molecule has 0 saturated carbocycles. The number of carbonyl (C=O) groups is 2. The van der Waals surface area contributed by atoms with Crippen molar-refractivity contribution < 1.29 is 19.1 Å². The molecule has 1 amide bonds. The molecule has 1 aromatic carbocycles. The standard InChI is InChI=1S/C14H17NO4/c1-3-9-19-12-7-5-11(6-8-12)14(17)15-10-13(16)18-4-2/h3,5-8H,1,4,9-10H2,2H3,(H,15,17). The normalized spacial score (nSPS) is 9.53. The summed E-state index contributed by atoms with van der Waals surface area (Å²) in [6, 6.07) is 6.61. The van der Waals surface area contributed by atoms with E-state index in [9.17, 15) is 9.59 Å². The Morgan fingerprint density at radius 2 is 2.00 bits per heavy atom. The zero-order chi connectivity index (χ0) is 14.1. The Balaban J connectivity index is 2.48. The summed E-state index contributed by atoms with van der Waals surface area (Å²) in [5, 5.41) is 2.48. The first-order chi connectivity index (χ1) is 9.17. The van der Waals surface area contributed by atoms with Gasteiger partial charge in [0.25, 0.3) is 5.91 Å². The summed E-state index contributed by atoms with van der Waals surface area (Å²) in [6.07, 6.45) is 1.64. The maximum absolute atomic E-state index is 11.7. The lowest BCUT2D eigenvalue weighted by Crippen LogP contribution is -2.30. The first-order valence-electron chi connectivity index (χ1n) is 5.95. The molecule has 0 fully saturated rings. The molecule has 0 aromatic heterocycles. The van der Waals surface area contributed by atoms with Gasteiger partial charge in [0.05, 0.1) is 6.61 Å². The molecule has 102 valence electrons. The SMILES string of the molecule is C=CCOc1ccc(C(=O)NCC(=O)OCC)cc1. The molecule has 0 unspecified atom stereocenters. The minimum absolute atomic E-state index is 0.138. The highest BCUT2D eigenvalue weighted by molar-refractivity contribution is 5.95. The van der Waals surface area contributed by atoms with E-state index < -0.39 is 5.97 Å². The Bertz CT molecular complexity index is 439. The lowest BCUT2D eigenvalue weighted by Gasteiger charge is -2.06. The fraction of sp³-hybridized carbons (Fsp3) is 0.286. The molecular weight excluding hydrogens is 246 g/mol. The molecule has 5 heteroatoms. The first-order valence-corrected chi connectivity index (χ1v) is 5.95. The van der Waals surface area contributed by atoms with Gasteiger partial charge < -0.3 is 14.8 Å². The lowest BCUT2D eigenvalue weighted by molar-refractivity contribution is -0.141. The van der Waals surface area contributed by atoms with Gasteiger partial charge in [-0.05, 0) is 31.2 Å². The second kappa shape index (κ2) is 7.92. The predicted molar refractivity (Wildman–Crippen MR) is 71.1 cm³/mol. The third kappa shape index (κ3) is 5.25. The van der Waals surface area contributed by atoms with Crippen molar-refractivity contribution >= 4 is 11.9 Å². The van der Waals surface area contributed by atoms with Crippen LogP contribution in [0.15, 0.2) is 36.9 Å². The molecule has 0 aliphatic heterocycles. The predicted octanol–water partition coefficient (Wildman–Crippen LogP) is 1.54. The topological polar surface area (TPSA) is 64.6 Å². The molecule has 5 nitrogen and oxygen atoms in total. The van der Waals surface area contributed by atoms with Gasteiger partial charge >= 0.3 is 5.97 Å². The van der Waals surface area contributed by atoms with E-state index in [1.54, 1.807) is 37.3 Å². The van der Waals surface area contributed by atoms with Crippen LogP contribution in [0, 0.1) is 0 Å². The van der Waals surface area contributed by atoms with Crippen molar-refractivity contribution in [3.05, 3.63) is 42.5 Å². The molecule has 0 aliphatic rings. The number of hydrogen-bond donors (Lipinski definition) is 1. The smallest absolute Gasteiger partial charge is 0.325 e. The summed E-state index contributed by atoms with van der Waals surface area (Å²) in [5.41, 5.74) is 0.454. The van der Waals surface area contributed by atoms with Gasteiger partial charge in [-0.25, -0.2) is 0 Å². The molecule has 0 radical (unpaired) electrons. The number of amides is 1. The molecule has 0 saturated heterocycles. The summed E-state index contributed by atoms with van der Waals surface area (Å²) in [6.45, 7) is 5.82. The van der Waals surface area contributed by atoms with Crippen LogP contribution in [0.25, 0.3) is 0 Å². The Morgan fingerprint density at radius 1 is 1.32 bits per heavy atom. The van der Waals surface area contributed by atoms with Crippen molar-refractivity contribution in [1.82, 2.24) is 5.32 Å². The minimum atomic E-state index is -0.457. The highest BCUT2D eigenvalue weighted by Gasteiger charge is 2.08. The summed E-state index contributed by atoms with van der Waals surface area (Å²) < 4.78 is 10.0. The summed E-state index contributed by atoms with van der Waals surface area (Å²) in [4.78, 5) is 22.8. The number of rotatable bonds is 7. The maximum atomic E-state index is 11.7. The van der Waals surface area contributed by atoms with Crippen molar-refractivity contribution in [2.45, 2.75) is 6.92 Å². The van der Waals surface area contributed by atoms with E-state index in [4.69, 9.17) is 9.47 Å². The van der Waals surface area contributed by atoms with Gasteiger partial charge in [-0.1, -0.05) is 12.7 Å². The highest BCUT2D eigenvalue weighted by Crippen LogP contribution is 2.11. The molecule has 0 atom stereocenters. The third-order valence-electron chi connectivity index (χ3n) is 2.18. The van der Waals surface area contributed by atoms with Gasteiger partial charge in [0, 0.05) is 5.56 Å². The molecular formula is C14H17NO4. The van der Waals surface area contributed by atoms with Crippen molar-refractivity contribution in [3.63, 3.8) is 0 Å². The molecule has 19 heavy (non-hydrogen) atoms. The third-order valence-corrected chi connectivity index (χ3v) is 2.18. The lowest BCUT2D eigenvalue weighted by atomic mass is 10.2. The van der Waals surface area contributed by atoms with Gasteiger partial charge in [-0.3, -0.25) is 9.59 Å². The van der Waals surface area contributed by atoms with Crippen LogP contribution in [0.2, 0.25) is 0 Å². The van der Waals surface area contributed by atoms with Gasteiger partial charge in [0.1, 0.15) is 18.9 Å². The quantitative estimate of drug-likeness (QED) is 0.598. The van der Waals surface area contributed by atoms with E-state index in [1.165, 1.54) is 0 Å². The molecule has 0 aliphatic carbocycles. The molecule has 1 N–H and O–H groups in total. The average molecular weight is 263 g/mol. The average Bonchev–Trinajstić information content (AvgIpc) is 2.43. The molecule has 0 spiro atoms. The largest absolute Gasteiger partial charge is 0.490 e. The number of esters is 1. The first kappa shape index (κ1) is 14.8. The van der Waals surface area contributed by atoms with Crippen LogP contribution in [0.5, 0.6) is 5.75 Å². The van der Waals surface area contributed by atoms with Gasteiger partial charge in [0.15, 0.2) is 0 Å². The fourth-order valence-corrected chi connectivity index (χ4v) is 1.32. The molecule has 1 aromatic rings. The Kier molecular flexibility index (Phi) is 6.15. The molecule has 1 rings (SSSR count). The van der Waals surface area contributed by atoms with Crippen LogP contribution in [0.1, 0.15) is 17.3 Å². The fourth-order valence-electron chi connectivity index (χ4n) is 1.32. The number of ether oxygens (including phenoxy) is 2. The van der Waals surface area contributed by atoms with E-state index in [1.807, 2.05) is 0 Å². The van der Waals surface area contributed by atoms with E-state index in [-0.39, 0.29) is 12.5 Å². The van der Waals surface area contributed by atoms with E-state index in [2.05, 4.69) is 11.9 Å². The van der Waals surface area contributed by atoms with Crippen molar-refractivity contribution in [1.29, 1.82) is 0 Å². The second-order valence-electron chi connectivity index (χ2n) is 3.61. The van der Waals surface area contributed by atoms with Gasteiger partial charge in [-0.15, -0.1) is 0 Å². The van der Waals surface area contributed by atoms with E-state index >= 15 is 0 Å². The Hall–Kier alpha value is -2.30. The van der Waals surface area contributed by atoms with E-state index in [0.29, 0.717) is 24.5 Å². The molecule has 0 heterocycles. The van der Waals surface area contributed by atoms with Crippen LogP contribution >= 0.6 is 0 Å². The summed E-state index contributed by atoms with van der Waals surface area (Å²) in [7, 11) is 0. The number of hydrogen-bond acceptors (Lipinski definition) is 4. The van der Waals surface area contributed by atoms with Crippen LogP contribution in [0.3, 0.4) is 0 Å². The minimum Gasteiger partial charge on any atom is -0.490 e. The maximum Gasteiger partial charge on any atom is 0.325 e.